The summed E-state index contributed by atoms with van der Waals surface area (Å²) in [7, 11) is 0. The SMILES string of the molecule is Cc1ccc(-c2ccc(C=Cc3ccc4c(c3)C(C)(C)c3cc(C)ccc3-4)cc2)cc1. The average molecular weight is 401 g/mol. The molecule has 152 valence electrons. The van der Waals surface area contributed by atoms with E-state index in [1.54, 1.807) is 0 Å². The molecular formula is C31H28. The number of aryl methyl sites for hydroxylation is 2. The van der Waals surface area contributed by atoms with Gasteiger partial charge in [0.2, 0.25) is 0 Å². The van der Waals surface area contributed by atoms with Crippen LogP contribution in [0.4, 0.5) is 0 Å². The lowest BCUT2D eigenvalue weighted by atomic mass is 9.81. The maximum absolute atomic E-state index is 2.36. The Balaban J connectivity index is 1.41. The summed E-state index contributed by atoms with van der Waals surface area (Å²) >= 11 is 0. The molecule has 1 aliphatic rings. The van der Waals surface area contributed by atoms with E-state index in [9.17, 15) is 0 Å². The van der Waals surface area contributed by atoms with Gasteiger partial charge < -0.3 is 0 Å². The molecule has 4 aromatic rings. The van der Waals surface area contributed by atoms with E-state index < -0.39 is 0 Å². The predicted molar refractivity (Wildman–Crippen MR) is 134 cm³/mol. The van der Waals surface area contributed by atoms with E-state index in [1.165, 1.54) is 55.6 Å². The molecule has 0 aliphatic heterocycles. The standard InChI is InChI=1S/C31H28/c1-21-5-13-25(14-6-21)26-15-10-23(11-16-26)8-9-24-12-18-28-27-17-7-22(2)19-29(27)31(3,4)30(28)20-24/h5-20H,1-4H3. The van der Waals surface area contributed by atoms with E-state index in [-0.39, 0.29) is 5.41 Å². The van der Waals surface area contributed by atoms with Crippen molar-refractivity contribution in [2.24, 2.45) is 0 Å². The molecule has 31 heavy (non-hydrogen) atoms. The first-order chi connectivity index (χ1) is 14.9. The van der Waals surface area contributed by atoms with Crippen molar-refractivity contribution in [1.82, 2.24) is 0 Å². The minimum atomic E-state index is 0.0379. The first-order valence-corrected chi connectivity index (χ1v) is 11.0. The minimum absolute atomic E-state index is 0.0379. The molecule has 0 saturated carbocycles. The molecule has 5 rings (SSSR count). The van der Waals surface area contributed by atoms with Gasteiger partial charge in [0.05, 0.1) is 0 Å². The van der Waals surface area contributed by atoms with Crippen molar-refractivity contribution in [3.63, 3.8) is 0 Å². The monoisotopic (exact) mass is 400 g/mol. The highest BCUT2D eigenvalue weighted by Gasteiger charge is 2.35. The molecule has 0 heterocycles. The van der Waals surface area contributed by atoms with Gasteiger partial charge in [0, 0.05) is 5.41 Å². The number of hydrogen-bond donors (Lipinski definition) is 0. The Hall–Kier alpha value is -3.38. The van der Waals surface area contributed by atoms with Crippen molar-refractivity contribution >= 4 is 12.2 Å². The third-order valence-electron chi connectivity index (χ3n) is 6.62. The molecule has 0 N–H and O–H groups in total. The Labute approximate surface area is 185 Å². The molecule has 0 nitrogen and oxygen atoms in total. The topological polar surface area (TPSA) is 0 Å². The first-order valence-electron chi connectivity index (χ1n) is 11.0. The Morgan fingerprint density at radius 2 is 1.00 bits per heavy atom. The number of fused-ring (bicyclic) bond motifs is 3. The number of hydrogen-bond acceptors (Lipinski definition) is 0. The Bertz CT molecular complexity index is 1280. The van der Waals surface area contributed by atoms with Crippen LogP contribution in [0.5, 0.6) is 0 Å². The maximum Gasteiger partial charge on any atom is 0.0159 e. The van der Waals surface area contributed by atoms with E-state index in [1.807, 2.05) is 0 Å². The van der Waals surface area contributed by atoms with Crippen LogP contribution in [-0.2, 0) is 5.41 Å². The van der Waals surface area contributed by atoms with Gasteiger partial charge in [-0.2, -0.15) is 0 Å². The molecular weight excluding hydrogens is 372 g/mol. The second-order valence-corrected chi connectivity index (χ2v) is 9.30. The van der Waals surface area contributed by atoms with Gasteiger partial charge in [0.1, 0.15) is 0 Å². The molecule has 0 radical (unpaired) electrons. The number of benzene rings is 4. The van der Waals surface area contributed by atoms with Crippen molar-refractivity contribution in [3.8, 4) is 22.3 Å². The fourth-order valence-electron chi connectivity index (χ4n) is 4.70. The molecule has 0 aromatic heterocycles. The molecule has 0 atom stereocenters. The highest BCUT2D eigenvalue weighted by atomic mass is 14.4. The summed E-state index contributed by atoms with van der Waals surface area (Å²) < 4.78 is 0. The van der Waals surface area contributed by atoms with E-state index in [4.69, 9.17) is 0 Å². The summed E-state index contributed by atoms with van der Waals surface area (Å²) in [6.45, 7) is 8.98. The van der Waals surface area contributed by atoms with Crippen LogP contribution in [0, 0.1) is 13.8 Å². The quantitative estimate of drug-likeness (QED) is 0.303. The van der Waals surface area contributed by atoms with Crippen LogP contribution in [-0.4, -0.2) is 0 Å². The van der Waals surface area contributed by atoms with E-state index in [2.05, 4.69) is 125 Å². The normalized spacial score (nSPS) is 13.9. The van der Waals surface area contributed by atoms with Crippen molar-refractivity contribution in [2.75, 3.05) is 0 Å². The van der Waals surface area contributed by atoms with Gasteiger partial charge in [0.15, 0.2) is 0 Å². The highest BCUT2D eigenvalue weighted by molar-refractivity contribution is 5.83. The van der Waals surface area contributed by atoms with Crippen molar-refractivity contribution < 1.29 is 0 Å². The summed E-state index contributed by atoms with van der Waals surface area (Å²) in [6, 6.07) is 31.2. The van der Waals surface area contributed by atoms with Crippen LogP contribution < -0.4 is 0 Å². The Morgan fingerprint density at radius 3 is 1.68 bits per heavy atom. The van der Waals surface area contributed by atoms with Crippen LogP contribution in [0.15, 0.2) is 84.9 Å². The molecule has 1 aliphatic carbocycles. The van der Waals surface area contributed by atoms with Crippen molar-refractivity contribution in [3.05, 3.63) is 118 Å². The molecule has 0 spiro atoms. The third-order valence-corrected chi connectivity index (χ3v) is 6.62. The summed E-state index contributed by atoms with van der Waals surface area (Å²) in [5.41, 5.74) is 13.3. The van der Waals surface area contributed by atoms with Gasteiger partial charge in [0.25, 0.3) is 0 Å². The fraction of sp³-hybridized carbons (Fsp3) is 0.161. The van der Waals surface area contributed by atoms with Crippen LogP contribution in [0.3, 0.4) is 0 Å². The molecule has 0 fully saturated rings. The number of rotatable bonds is 3. The summed E-state index contributed by atoms with van der Waals surface area (Å²) in [5.74, 6) is 0. The van der Waals surface area contributed by atoms with E-state index in [0.717, 1.165) is 0 Å². The second kappa shape index (κ2) is 7.39. The first kappa shape index (κ1) is 19.6. The van der Waals surface area contributed by atoms with E-state index in [0.29, 0.717) is 0 Å². The van der Waals surface area contributed by atoms with Gasteiger partial charge >= 0.3 is 0 Å². The molecule has 0 saturated heterocycles. The average Bonchev–Trinajstić information content (AvgIpc) is 2.99. The molecule has 0 bridgehead atoms. The Kier molecular flexibility index (Phi) is 4.67. The lowest BCUT2D eigenvalue weighted by Gasteiger charge is -2.22. The zero-order chi connectivity index (χ0) is 21.6. The fourth-order valence-corrected chi connectivity index (χ4v) is 4.70. The van der Waals surface area contributed by atoms with Crippen molar-refractivity contribution in [1.29, 1.82) is 0 Å². The summed E-state index contributed by atoms with van der Waals surface area (Å²) in [5, 5.41) is 0. The van der Waals surface area contributed by atoms with Gasteiger partial charge in [-0.1, -0.05) is 122 Å². The Morgan fingerprint density at radius 1 is 0.516 bits per heavy atom. The van der Waals surface area contributed by atoms with Gasteiger partial charge in [-0.15, -0.1) is 0 Å². The zero-order valence-electron chi connectivity index (χ0n) is 18.7. The minimum Gasteiger partial charge on any atom is -0.0587 e. The van der Waals surface area contributed by atoms with Gasteiger partial charge in [-0.3, -0.25) is 0 Å². The summed E-state index contributed by atoms with van der Waals surface area (Å²) in [6.07, 6.45) is 4.44. The van der Waals surface area contributed by atoms with Crippen molar-refractivity contribution in [2.45, 2.75) is 33.1 Å². The molecule has 0 unspecified atom stereocenters. The molecule has 0 amide bonds. The van der Waals surface area contributed by atoms with Gasteiger partial charge in [-0.25, -0.2) is 0 Å². The lowest BCUT2D eigenvalue weighted by molar-refractivity contribution is 0.659. The zero-order valence-corrected chi connectivity index (χ0v) is 18.7. The van der Waals surface area contributed by atoms with Crippen LogP contribution in [0.25, 0.3) is 34.4 Å². The van der Waals surface area contributed by atoms with Crippen LogP contribution >= 0.6 is 0 Å². The second-order valence-electron chi connectivity index (χ2n) is 9.30. The van der Waals surface area contributed by atoms with Gasteiger partial charge in [-0.05, 0) is 58.4 Å². The molecule has 4 aromatic carbocycles. The van der Waals surface area contributed by atoms with Crippen LogP contribution in [0.2, 0.25) is 0 Å². The smallest absolute Gasteiger partial charge is 0.0159 e. The third kappa shape index (κ3) is 3.53. The lowest BCUT2D eigenvalue weighted by Crippen LogP contribution is -2.15. The predicted octanol–water partition coefficient (Wildman–Crippen LogP) is 8.45. The highest BCUT2D eigenvalue weighted by Crippen LogP contribution is 2.49. The largest absolute Gasteiger partial charge is 0.0587 e. The maximum atomic E-state index is 2.36. The van der Waals surface area contributed by atoms with E-state index >= 15 is 0 Å². The van der Waals surface area contributed by atoms with Crippen LogP contribution in [0.1, 0.15) is 47.2 Å². The molecule has 0 heteroatoms. The summed E-state index contributed by atoms with van der Waals surface area (Å²) in [4.78, 5) is 0.